The van der Waals surface area contributed by atoms with Gasteiger partial charge in [0.05, 0.1) is 6.33 Å². The van der Waals surface area contributed by atoms with E-state index in [4.69, 9.17) is 0 Å². The average molecular weight is 392 g/mol. The number of alkyl halides is 2. The van der Waals surface area contributed by atoms with Crippen LogP contribution in [0, 0.1) is 12.8 Å². The van der Waals surface area contributed by atoms with Crippen molar-refractivity contribution in [1.29, 1.82) is 0 Å². The van der Waals surface area contributed by atoms with Crippen LogP contribution in [0.4, 0.5) is 8.78 Å². The first kappa shape index (κ1) is 18.7. The zero-order valence-electron chi connectivity index (χ0n) is 15.5. The minimum atomic E-state index is -3.60. The number of H-pyrrole nitrogens is 1. The van der Waals surface area contributed by atoms with Crippen LogP contribution in [0.5, 0.6) is 11.5 Å². The number of halogens is 2. The summed E-state index contributed by atoms with van der Waals surface area (Å²) in [5.41, 5.74) is 2.05. The predicted octanol–water partition coefficient (Wildman–Crippen LogP) is 2.68. The van der Waals surface area contributed by atoms with E-state index in [0.29, 0.717) is 24.7 Å². The molecule has 1 atom stereocenters. The number of fused-ring (bicyclic) bond motifs is 1. The summed E-state index contributed by atoms with van der Waals surface area (Å²) in [4.78, 5) is 21.4. The summed E-state index contributed by atoms with van der Waals surface area (Å²) in [7, 11) is 0. The molecule has 150 valence electrons. The van der Waals surface area contributed by atoms with Gasteiger partial charge in [0.2, 0.25) is 0 Å². The van der Waals surface area contributed by atoms with Crippen molar-refractivity contribution in [2.24, 2.45) is 5.92 Å². The van der Waals surface area contributed by atoms with E-state index in [0.717, 1.165) is 37.2 Å². The minimum absolute atomic E-state index is 0.0571. The summed E-state index contributed by atoms with van der Waals surface area (Å²) in [5, 5.41) is 2.96. The molecule has 1 amide bonds. The van der Waals surface area contributed by atoms with E-state index in [-0.39, 0.29) is 17.4 Å². The number of imidazole rings is 1. The number of likely N-dealkylation sites (tertiary alicyclic amines) is 1. The standard InChI is InChI=1S/C19H22F2N4O3/c1-12-17(24-11-23-12)18(26)22-8-14-3-2-6-25(10-14)9-13-4-5-15-16(7-13)28-19(20,21)27-15/h4-5,7,11,14H,2-3,6,8-10H2,1H3,(H,22,26)(H,23,24). The third kappa shape index (κ3) is 4.09. The van der Waals surface area contributed by atoms with Gasteiger partial charge in [0.15, 0.2) is 11.5 Å². The molecule has 0 saturated carbocycles. The first-order chi connectivity index (χ1) is 13.4. The first-order valence-corrected chi connectivity index (χ1v) is 9.29. The van der Waals surface area contributed by atoms with Gasteiger partial charge >= 0.3 is 6.29 Å². The van der Waals surface area contributed by atoms with Crippen molar-refractivity contribution < 1.29 is 23.0 Å². The van der Waals surface area contributed by atoms with Crippen molar-refractivity contribution in [3.05, 3.63) is 41.5 Å². The fraction of sp³-hybridized carbons (Fsp3) is 0.474. The van der Waals surface area contributed by atoms with Crippen LogP contribution in [-0.2, 0) is 6.54 Å². The number of amides is 1. The van der Waals surface area contributed by atoms with Crippen molar-refractivity contribution >= 4 is 5.91 Å². The Morgan fingerprint density at radius 2 is 2.21 bits per heavy atom. The lowest BCUT2D eigenvalue weighted by atomic mass is 9.97. The zero-order chi connectivity index (χ0) is 19.7. The molecular weight excluding hydrogens is 370 g/mol. The summed E-state index contributed by atoms with van der Waals surface area (Å²) >= 11 is 0. The van der Waals surface area contributed by atoms with Gasteiger partial charge in [-0.15, -0.1) is 8.78 Å². The Labute approximate surface area is 161 Å². The van der Waals surface area contributed by atoms with Gasteiger partial charge in [0.1, 0.15) is 5.69 Å². The fourth-order valence-corrected chi connectivity index (χ4v) is 3.72. The van der Waals surface area contributed by atoms with Crippen LogP contribution in [-0.4, -0.2) is 46.7 Å². The molecule has 1 aromatic heterocycles. The maximum Gasteiger partial charge on any atom is 0.586 e. The number of nitrogens with zero attached hydrogens (tertiary/aromatic N) is 2. The van der Waals surface area contributed by atoms with E-state index in [1.165, 1.54) is 12.4 Å². The predicted molar refractivity (Wildman–Crippen MR) is 96.3 cm³/mol. The quantitative estimate of drug-likeness (QED) is 0.818. The van der Waals surface area contributed by atoms with E-state index >= 15 is 0 Å². The Kier molecular flexibility index (Phi) is 4.92. The molecule has 1 aromatic carbocycles. The molecule has 0 aliphatic carbocycles. The minimum Gasteiger partial charge on any atom is -0.395 e. The van der Waals surface area contributed by atoms with E-state index in [9.17, 15) is 13.6 Å². The van der Waals surface area contributed by atoms with Gasteiger partial charge in [0, 0.05) is 25.3 Å². The third-order valence-electron chi connectivity index (χ3n) is 5.07. The normalized spacial score (nSPS) is 20.9. The molecule has 9 heteroatoms. The molecule has 3 heterocycles. The molecule has 7 nitrogen and oxygen atoms in total. The first-order valence-electron chi connectivity index (χ1n) is 9.29. The highest BCUT2D eigenvalue weighted by Crippen LogP contribution is 2.41. The Bertz CT molecular complexity index is 871. The van der Waals surface area contributed by atoms with Crippen LogP contribution in [0.3, 0.4) is 0 Å². The van der Waals surface area contributed by atoms with Gasteiger partial charge in [-0.3, -0.25) is 9.69 Å². The zero-order valence-corrected chi connectivity index (χ0v) is 15.5. The Morgan fingerprint density at radius 1 is 1.39 bits per heavy atom. The molecule has 1 fully saturated rings. The summed E-state index contributed by atoms with van der Waals surface area (Å²) in [5.74, 6) is 0.280. The van der Waals surface area contributed by atoms with E-state index in [1.54, 1.807) is 12.1 Å². The maximum absolute atomic E-state index is 13.2. The monoisotopic (exact) mass is 392 g/mol. The molecule has 0 spiro atoms. The summed E-state index contributed by atoms with van der Waals surface area (Å²) < 4.78 is 35.3. The van der Waals surface area contributed by atoms with Crippen LogP contribution in [0.1, 0.15) is 34.6 Å². The SMILES string of the molecule is Cc1[nH]cnc1C(=O)NCC1CCCN(Cc2ccc3c(c2)OC(F)(F)O3)C1. The highest BCUT2D eigenvalue weighted by molar-refractivity contribution is 5.93. The molecular formula is C19H22F2N4O3. The van der Waals surface area contributed by atoms with Gasteiger partial charge in [0.25, 0.3) is 5.91 Å². The van der Waals surface area contributed by atoms with Crippen molar-refractivity contribution in [2.75, 3.05) is 19.6 Å². The second kappa shape index (κ2) is 7.38. The maximum atomic E-state index is 13.2. The Morgan fingerprint density at radius 3 is 3.00 bits per heavy atom. The second-order valence-electron chi connectivity index (χ2n) is 7.28. The molecule has 0 radical (unpaired) electrons. The van der Waals surface area contributed by atoms with Crippen molar-refractivity contribution in [2.45, 2.75) is 32.6 Å². The Balaban J connectivity index is 1.31. The molecule has 1 saturated heterocycles. The van der Waals surface area contributed by atoms with Crippen molar-refractivity contribution in [3.63, 3.8) is 0 Å². The van der Waals surface area contributed by atoms with Crippen LogP contribution in [0.15, 0.2) is 24.5 Å². The molecule has 28 heavy (non-hydrogen) atoms. The number of carbonyl (C=O) groups is 1. The van der Waals surface area contributed by atoms with Crippen LogP contribution >= 0.6 is 0 Å². The second-order valence-corrected chi connectivity index (χ2v) is 7.28. The van der Waals surface area contributed by atoms with Gasteiger partial charge in [-0.1, -0.05) is 6.07 Å². The number of piperidine rings is 1. The van der Waals surface area contributed by atoms with Crippen LogP contribution < -0.4 is 14.8 Å². The molecule has 2 aliphatic rings. The average Bonchev–Trinajstić information content (AvgIpc) is 3.21. The van der Waals surface area contributed by atoms with Crippen molar-refractivity contribution in [1.82, 2.24) is 20.2 Å². The number of rotatable bonds is 5. The largest absolute Gasteiger partial charge is 0.586 e. The van der Waals surface area contributed by atoms with Gasteiger partial charge < -0.3 is 19.8 Å². The highest BCUT2D eigenvalue weighted by atomic mass is 19.3. The number of aromatic amines is 1. The summed E-state index contributed by atoms with van der Waals surface area (Å²) in [6.45, 7) is 4.77. The number of hydrogen-bond acceptors (Lipinski definition) is 5. The van der Waals surface area contributed by atoms with Crippen LogP contribution in [0.2, 0.25) is 0 Å². The molecule has 0 bridgehead atoms. The number of carbonyl (C=O) groups excluding carboxylic acids is 1. The van der Waals surface area contributed by atoms with E-state index in [2.05, 4.69) is 29.7 Å². The molecule has 4 rings (SSSR count). The highest BCUT2D eigenvalue weighted by Gasteiger charge is 2.43. The van der Waals surface area contributed by atoms with E-state index in [1.807, 2.05) is 6.92 Å². The summed E-state index contributed by atoms with van der Waals surface area (Å²) in [6.07, 6.45) is -0.0375. The number of hydrogen-bond donors (Lipinski definition) is 2. The van der Waals surface area contributed by atoms with Crippen LogP contribution in [0.25, 0.3) is 0 Å². The number of nitrogens with one attached hydrogen (secondary N) is 2. The lowest BCUT2D eigenvalue weighted by Gasteiger charge is -2.32. The van der Waals surface area contributed by atoms with Gasteiger partial charge in [-0.05, 0) is 49.9 Å². The lowest BCUT2D eigenvalue weighted by Crippen LogP contribution is -2.40. The number of aromatic nitrogens is 2. The van der Waals surface area contributed by atoms with Gasteiger partial charge in [-0.2, -0.15) is 0 Å². The number of ether oxygens (including phenoxy) is 2. The smallest absolute Gasteiger partial charge is 0.395 e. The fourth-order valence-electron chi connectivity index (χ4n) is 3.72. The molecule has 2 aliphatic heterocycles. The third-order valence-corrected chi connectivity index (χ3v) is 5.07. The van der Waals surface area contributed by atoms with E-state index < -0.39 is 6.29 Å². The Hall–Kier alpha value is -2.68. The lowest BCUT2D eigenvalue weighted by molar-refractivity contribution is -0.286. The number of aryl methyl sites for hydroxylation is 1. The topological polar surface area (TPSA) is 79.5 Å². The van der Waals surface area contributed by atoms with Gasteiger partial charge in [-0.25, -0.2) is 4.98 Å². The van der Waals surface area contributed by atoms with Crippen molar-refractivity contribution in [3.8, 4) is 11.5 Å². The molecule has 2 N–H and O–H groups in total. The molecule has 1 unspecified atom stereocenters. The molecule has 2 aromatic rings. The summed E-state index contributed by atoms with van der Waals surface area (Å²) in [6, 6.07) is 4.89. The number of benzene rings is 1.